The zero-order valence-electron chi connectivity index (χ0n) is 15.4. The van der Waals surface area contributed by atoms with E-state index in [0.717, 1.165) is 42.9 Å². The van der Waals surface area contributed by atoms with Gasteiger partial charge in [0.05, 0.1) is 17.6 Å². The maximum absolute atomic E-state index is 5.85. The average molecular weight is 356 g/mol. The molecule has 27 heavy (non-hydrogen) atoms. The number of rotatable bonds is 8. The minimum atomic E-state index is 0.703. The Morgan fingerprint density at radius 1 is 0.741 bits per heavy atom. The Hall–Kier alpha value is -3.07. The number of hydrogen-bond donors (Lipinski definition) is 0. The number of hydrogen-bond acceptors (Lipinski definition) is 2. The standard InChI is InChI=1S/C24H24N2O/c1-3-10-20(11-4-1)16-17-24-25-22-14-7-8-15-23(22)26(24)18-9-19-27-21-12-5-2-6-13-21/h1-8,10-15H,9,16-19H2. The van der Waals surface area contributed by atoms with Crippen LogP contribution in [-0.2, 0) is 19.4 Å². The predicted molar refractivity (Wildman–Crippen MR) is 110 cm³/mol. The topological polar surface area (TPSA) is 27.1 Å². The van der Waals surface area contributed by atoms with Gasteiger partial charge in [0.1, 0.15) is 11.6 Å². The highest BCUT2D eigenvalue weighted by Crippen LogP contribution is 2.18. The smallest absolute Gasteiger partial charge is 0.119 e. The molecule has 4 rings (SSSR count). The minimum Gasteiger partial charge on any atom is -0.494 e. The van der Waals surface area contributed by atoms with Crippen LogP contribution in [0.3, 0.4) is 0 Å². The first-order valence-electron chi connectivity index (χ1n) is 9.56. The largest absolute Gasteiger partial charge is 0.494 e. The van der Waals surface area contributed by atoms with Gasteiger partial charge in [0.15, 0.2) is 0 Å². The number of benzene rings is 3. The number of fused-ring (bicyclic) bond motifs is 1. The fraction of sp³-hybridized carbons (Fsp3) is 0.208. The molecule has 0 saturated carbocycles. The molecule has 0 N–H and O–H groups in total. The molecular formula is C24H24N2O. The van der Waals surface area contributed by atoms with Crippen LogP contribution in [-0.4, -0.2) is 16.2 Å². The minimum absolute atomic E-state index is 0.703. The number of ether oxygens (including phenoxy) is 1. The lowest BCUT2D eigenvalue weighted by molar-refractivity contribution is 0.302. The van der Waals surface area contributed by atoms with E-state index in [2.05, 4.69) is 59.2 Å². The lowest BCUT2D eigenvalue weighted by Gasteiger charge is -2.10. The van der Waals surface area contributed by atoms with E-state index in [1.54, 1.807) is 0 Å². The lowest BCUT2D eigenvalue weighted by Crippen LogP contribution is -2.09. The quantitative estimate of drug-likeness (QED) is 0.401. The Bertz CT molecular complexity index is 977. The molecule has 0 radical (unpaired) electrons. The van der Waals surface area contributed by atoms with Crippen LogP contribution in [0.25, 0.3) is 11.0 Å². The Morgan fingerprint density at radius 3 is 2.26 bits per heavy atom. The first kappa shape index (κ1) is 17.3. The van der Waals surface area contributed by atoms with Gasteiger partial charge < -0.3 is 9.30 Å². The van der Waals surface area contributed by atoms with E-state index in [0.29, 0.717) is 6.61 Å². The highest BCUT2D eigenvalue weighted by molar-refractivity contribution is 5.75. The van der Waals surface area contributed by atoms with E-state index in [1.807, 2.05) is 30.3 Å². The van der Waals surface area contributed by atoms with Gasteiger partial charge in [-0.2, -0.15) is 0 Å². The number of nitrogens with zero attached hydrogens (tertiary/aromatic N) is 2. The van der Waals surface area contributed by atoms with Crippen molar-refractivity contribution in [2.75, 3.05) is 6.61 Å². The van der Waals surface area contributed by atoms with Crippen molar-refractivity contribution >= 4 is 11.0 Å². The summed E-state index contributed by atoms with van der Waals surface area (Å²) in [5.41, 5.74) is 3.63. The van der Waals surface area contributed by atoms with Gasteiger partial charge >= 0.3 is 0 Å². The molecule has 3 heteroatoms. The molecule has 3 aromatic carbocycles. The van der Waals surface area contributed by atoms with Crippen molar-refractivity contribution in [3.63, 3.8) is 0 Å². The molecule has 0 atom stereocenters. The molecule has 136 valence electrons. The van der Waals surface area contributed by atoms with E-state index in [-0.39, 0.29) is 0 Å². The van der Waals surface area contributed by atoms with Gasteiger partial charge in [0, 0.05) is 13.0 Å². The fourth-order valence-corrected chi connectivity index (χ4v) is 3.40. The van der Waals surface area contributed by atoms with Crippen molar-refractivity contribution in [1.82, 2.24) is 9.55 Å². The summed E-state index contributed by atoms with van der Waals surface area (Å²) in [4.78, 5) is 4.89. The molecule has 0 fully saturated rings. The van der Waals surface area contributed by atoms with Crippen LogP contribution in [0.2, 0.25) is 0 Å². The molecule has 0 aliphatic carbocycles. The molecule has 1 aromatic heterocycles. The molecular weight excluding hydrogens is 332 g/mol. The van der Waals surface area contributed by atoms with E-state index in [4.69, 9.17) is 9.72 Å². The molecule has 4 aromatic rings. The molecule has 0 bridgehead atoms. The first-order chi connectivity index (χ1) is 13.4. The molecule has 0 saturated heterocycles. The third-order valence-corrected chi connectivity index (χ3v) is 4.75. The van der Waals surface area contributed by atoms with Gasteiger partial charge in [0.25, 0.3) is 0 Å². The van der Waals surface area contributed by atoms with Crippen LogP contribution in [0.1, 0.15) is 17.8 Å². The third-order valence-electron chi connectivity index (χ3n) is 4.75. The summed E-state index contributed by atoms with van der Waals surface area (Å²) in [6.45, 7) is 1.62. The fourth-order valence-electron chi connectivity index (χ4n) is 3.40. The molecule has 0 aliphatic rings. The SMILES string of the molecule is c1ccc(CCc2nc3ccccc3n2CCCOc2ccccc2)cc1. The Kier molecular flexibility index (Phi) is 5.49. The van der Waals surface area contributed by atoms with Crippen LogP contribution in [0.15, 0.2) is 84.9 Å². The van der Waals surface area contributed by atoms with Crippen molar-refractivity contribution in [2.24, 2.45) is 0 Å². The molecule has 0 spiro atoms. The maximum atomic E-state index is 5.85. The summed E-state index contributed by atoms with van der Waals surface area (Å²) in [5, 5.41) is 0. The summed E-state index contributed by atoms with van der Waals surface area (Å²) >= 11 is 0. The number of para-hydroxylation sites is 3. The van der Waals surface area contributed by atoms with Crippen molar-refractivity contribution in [3.8, 4) is 5.75 Å². The third kappa shape index (κ3) is 4.37. The normalized spacial score (nSPS) is 11.0. The Morgan fingerprint density at radius 2 is 1.44 bits per heavy atom. The van der Waals surface area contributed by atoms with Gasteiger partial charge in [-0.15, -0.1) is 0 Å². The molecule has 3 nitrogen and oxygen atoms in total. The highest BCUT2D eigenvalue weighted by atomic mass is 16.5. The van der Waals surface area contributed by atoms with E-state index in [9.17, 15) is 0 Å². The molecule has 0 amide bonds. The zero-order valence-corrected chi connectivity index (χ0v) is 15.4. The van der Waals surface area contributed by atoms with Gasteiger partial charge in [-0.05, 0) is 42.7 Å². The molecule has 1 heterocycles. The first-order valence-corrected chi connectivity index (χ1v) is 9.56. The van der Waals surface area contributed by atoms with Crippen LogP contribution < -0.4 is 4.74 Å². The maximum Gasteiger partial charge on any atom is 0.119 e. The summed E-state index contributed by atoms with van der Waals surface area (Å²) in [6.07, 6.45) is 2.90. The number of aromatic nitrogens is 2. The average Bonchev–Trinajstić information content (AvgIpc) is 3.09. The van der Waals surface area contributed by atoms with E-state index >= 15 is 0 Å². The lowest BCUT2D eigenvalue weighted by atomic mass is 10.1. The van der Waals surface area contributed by atoms with Crippen LogP contribution >= 0.6 is 0 Å². The second-order valence-electron chi connectivity index (χ2n) is 6.67. The van der Waals surface area contributed by atoms with Crippen molar-refractivity contribution in [2.45, 2.75) is 25.8 Å². The molecule has 0 unspecified atom stereocenters. The van der Waals surface area contributed by atoms with Gasteiger partial charge in [-0.1, -0.05) is 60.7 Å². The van der Waals surface area contributed by atoms with Crippen LogP contribution in [0.5, 0.6) is 5.75 Å². The number of aryl methyl sites for hydroxylation is 3. The zero-order chi connectivity index (χ0) is 18.3. The second-order valence-corrected chi connectivity index (χ2v) is 6.67. The van der Waals surface area contributed by atoms with Gasteiger partial charge in [-0.25, -0.2) is 4.98 Å². The van der Waals surface area contributed by atoms with Crippen molar-refractivity contribution in [1.29, 1.82) is 0 Å². The summed E-state index contributed by atoms with van der Waals surface area (Å²) in [6, 6.07) is 29.0. The Balaban J connectivity index is 1.44. The monoisotopic (exact) mass is 356 g/mol. The van der Waals surface area contributed by atoms with E-state index in [1.165, 1.54) is 11.1 Å². The summed E-state index contributed by atoms with van der Waals surface area (Å²) in [7, 11) is 0. The second kappa shape index (κ2) is 8.54. The summed E-state index contributed by atoms with van der Waals surface area (Å²) < 4.78 is 8.21. The van der Waals surface area contributed by atoms with E-state index < -0.39 is 0 Å². The van der Waals surface area contributed by atoms with Crippen LogP contribution in [0.4, 0.5) is 0 Å². The van der Waals surface area contributed by atoms with Gasteiger partial charge in [0.2, 0.25) is 0 Å². The van der Waals surface area contributed by atoms with Crippen molar-refractivity contribution in [3.05, 3.63) is 96.3 Å². The van der Waals surface area contributed by atoms with Crippen molar-refractivity contribution < 1.29 is 4.74 Å². The predicted octanol–water partition coefficient (Wildman–Crippen LogP) is 5.29. The highest BCUT2D eigenvalue weighted by Gasteiger charge is 2.10. The van der Waals surface area contributed by atoms with Crippen LogP contribution in [0, 0.1) is 0 Å². The molecule has 0 aliphatic heterocycles. The summed E-state index contributed by atoms with van der Waals surface area (Å²) in [5.74, 6) is 2.08. The number of imidazole rings is 1. The van der Waals surface area contributed by atoms with Gasteiger partial charge in [-0.3, -0.25) is 0 Å². The Labute approximate surface area is 160 Å².